The minimum atomic E-state index is -1.05. The second kappa shape index (κ2) is 17.4. The number of halogens is 1. The number of benzene rings is 2. The van der Waals surface area contributed by atoms with Crippen molar-refractivity contribution in [3.8, 4) is 11.5 Å². The number of ether oxygens (including phenoxy) is 2. The fourth-order valence-corrected chi connectivity index (χ4v) is 5.63. The Morgan fingerprint density at radius 1 is 1.05 bits per heavy atom. The first kappa shape index (κ1) is 32.9. The number of hydrogen-bond acceptors (Lipinski definition) is 6. The van der Waals surface area contributed by atoms with E-state index in [-0.39, 0.29) is 31.4 Å². The Hall–Kier alpha value is -2.63. The molecule has 2 aromatic carbocycles. The first-order valence-electron chi connectivity index (χ1n) is 14.5. The van der Waals surface area contributed by atoms with Crippen LogP contribution in [0.2, 0.25) is 0 Å². The van der Waals surface area contributed by atoms with Gasteiger partial charge in [-0.3, -0.25) is 9.59 Å². The molecule has 3 rings (SSSR count). The highest BCUT2D eigenvalue weighted by Gasteiger charge is 2.40. The number of aliphatic hydroxyl groups is 2. The number of rotatable bonds is 16. The quantitative estimate of drug-likeness (QED) is 0.176. The van der Waals surface area contributed by atoms with Gasteiger partial charge in [-0.25, -0.2) is 0 Å². The molecule has 3 atom stereocenters. The smallest absolute Gasteiger partial charge is 0.247 e. The molecule has 0 saturated carbocycles. The van der Waals surface area contributed by atoms with Crippen molar-refractivity contribution in [2.45, 2.75) is 76.5 Å². The van der Waals surface area contributed by atoms with Crippen molar-refractivity contribution in [3.63, 3.8) is 0 Å². The topological polar surface area (TPSA) is 108 Å². The number of nitrogens with one attached hydrogen (secondary N) is 1. The molecule has 0 fully saturated rings. The predicted octanol–water partition coefficient (Wildman–Crippen LogP) is 4.65. The van der Waals surface area contributed by atoms with Crippen LogP contribution in [0.1, 0.15) is 57.4 Å². The molecule has 2 amide bonds. The third-order valence-electron chi connectivity index (χ3n) is 7.34. The highest BCUT2D eigenvalue weighted by molar-refractivity contribution is 14.1. The van der Waals surface area contributed by atoms with Gasteiger partial charge in [0.1, 0.15) is 23.7 Å². The number of amides is 2. The van der Waals surface area contributed by atoms with Gasteiger partial charge in [0.2, 0.25) is 11.8 Å². The number of hydrogen-bond donors (Lipinski definition) is 3. The summed E-state index contributed by atoms with van der Waals surface area (Å²) in [4.78, 5) is 28.5. The average molecular weight is 679 g/mol. The molecule has 41 heavy (non-hydrogen) atoms. The van der Waals surface area contributed by atoms with E-state index >= 15 is 0 Å². The summed E-state index contributed by atoms with van der Waals surface area (Å²) in [7, 11) is 1.62. The van der Waals surface area contributed by atoms with Gasteiger partial charge in [-0.15, -0.1) is 0 Å². The molecule has 0 saturated heterocycles. The Bertz CT molecular complexity index is 1160. The van der Waals surface area contributed by atoms with Crippen LogP contribution in [0.4, 0.5) is 0 Å². The molecule has 0 spiro atoms. The summed E-state index contributed by atoms with van der Waals surface area (Å²) >= 11 is 2.17. The van der Waals surface area contributed by atoms with Crippen LogP contribution >= 0.6 is 22.6 Å². The van der Waals surface area contributed by atoms with Crippen LogP contribution in [0.5, 0.6) is 11.5 Å². The standard InChI is InChI=1S/C32H43IN2O6/c1-3-4-5-6-7-16-30(37)35(19-17-23-12-8-10-14-27(23)40-2)26-21-24(32(39)34-18-20-36)22-29(31(26)38)41-28-15-11-9-13-25(28)33/h8-15,22,26,29,31,36,38H,3-7,16-21H2,1-2H3,(H,34,39). The van der Waals surface area contributed by atoms with Crippen LogP contribution in [-0.4, -0.2) is 72.0 Å². The monoisotopic (exact) mass is 678 g/mol. The Morgan fingerprint density at radius 2 is 1.76 bits per heavy atom. The van der Waals surface area contributed by atoms with E-state index in [0.717, 1.165) is 47.0 Å². The van der Waals surface area contributed by atoms with Crippen molar-refractivity contribution in [3.05, 3.63) is 69.3 Å². The molecule has 9 heteroatoms. The number of unbranched alkanes of at least 4 members (excludes halogenated alkanes) is 4. The molecule has 3 unspecified atom stereocenters. The largest absolute Gasteiger partial charge is 0.496 e. The Kier molecular flexibility index (Phi) is 13.9. The van der Waals surface area contributed by atoms with E-state index in [4.69, 9.17) is 9.47 Å². The molecule has 0 bridgehead atoms. The lowest BCUT2D eigenvalue weighted by Gasteiger charge is -2.40. The Labute approximate surface area is 257 Å². The van der Waals surface area contributed by atoms with E-state index in [1.807, 2.05) is 48.5 Å². The fraction of sp³-hybridized carbons (Fsp3) is 0.500. The SMILES string of the molecule is CCCCCCCC(=O)N(CCc1ccccc1OC)C1CC(C(=O)NCCO)=CC(Oc2ccccc2I)C1O. The molecule has 2 aromatic rings. The van der Waals surface area contributed by atoms with Crippen molar-refractivity contribution < 1.29 is 29.3 Å². The van der Waals surface area contributed by atoms with Crippen LogP contribution in [0.3, 0.4) is 0 Å². The number of nitrogens with zero attached hydrogens (tertiary/aromatic N) is 1. The molecule has 3 N–H and O–H groups in total. The van der Waals surface area contributed by atoms with Gasteiger partial charge in [0.25, 0.3) is 0 Å². The molecular formula is C32H43IN2O6. The summed E-state index contributed by atoms with van der Waals surface area (Å²) in [6, 6.07) is 14.5. The number of aliphatic hydroxyl groups excluding tert-OH is 2. The zero-order chi connectivity index (χ0) is 29.6. The van der Waals surface area contributed by atoms with Gasteiger partial charge in [-0.05, 0) is 65.3 Å². The summed E-state index contributed by atoms with van der Waals surface area (Å²) in [6.07, 6.45) is 5.93. The third-order valence-corrected chi connectivity index (χ3v) is 8.23. The predicted molar refractivity (Wildman–Crippen MR) is 168 cm³/mol. The molecule has 0 heterocycles. The molecule has 0 aliphatic heterocycles. The van der Waals surface area contributed by atoms with Gasteiger partial charge >= 0.3 is 0 Å². The first-order valence-corrected chi connectivity index (χ1v) is 15.6. The third kappa shape index (κ3) is 9.72. The maximum absolute atomic E-state index is 13.8. The number of methoxy groups -OCH3 is 1. The Morgan fingerprint density at radius 3 is 2.46 bits per heavy atom. The number of para-hydroxylation sites is 2. The van der Waals surface area contributed by atoms with E-state index in [9.17, 15) is 19.8 Å². The van der Waals surface area contributed by atoms with Crippen LogP contribution in [-0.2, 0) is 16.0 Å². The highest BCUT2D eigenvalue weighted by Crippen LogP contribution is 2.30. The van der Waals surface area contributed by atoms with Gasteiger partial charge in [0.05, 0.1) is 23.3 Å². The van der Waals surface area contributed by atoms with E-state index < -0.39 is 18.2 Å². The van der Waals surface area contributed by atoms with Crippen molar-refractivity contribution in [1.82, 2.24) is 10.2 Å². The van der Waals surface area contributed by atoms with Gasteiger partial charge in [0.15, 0.2) is 0 Å². The maximum Gasteiger partial charge on any atom is 0.247 e. The minimum Gasteiger partial charge on any atom is -0.496 e. The molecular weight excluding hydrogens is 635 g/mol. The highest BCUT2D eigenvalue weighted by atomic mass is 127. The summed E-state index contributed by atoms with van der Waals surface area (Å²) < 4.78 is 12.6. The molecule has 0 aromatic heterocycles. The zero-order valence-corrected chi connectivity index (χ0v) is 26.2. The average Bonchev–Trinajstić information content (AvgIpc) is 2.98. The molecule has 1 aliphatic carbocycles. The normalized spacial score (nSPS) is 18.4. The number of carbonyl (C=O) groups is 2. The van der Waals surface area contributed by atoms with Gasteiger partial charge < -0.3 is 29.9 Å². The number of carbonyl (C=O) groups excluding carboxylic acids is 2. The van der Waals surface area contributed by atoms with Gasteiger partial charge in [-0.2, -0.15) is 0 Å². The Balaban J connectivity index is 1.90. The molecule has 1 aliphatic rings. The van der Waals surface area contributed by atoms with E-state index in [2.05, 4.69) is 34.8 Å². The summed E-state index contributed by atoms with van der Waals surface area (Å²) in [5.74, 6) is 0.939. The van der Waals surface area contributed by atoms with E-state index in [1.54, 1.807) is 18.1 Å². The van der Waals surface area contributed by atoms with Crippen molar-refractivity contribution in [1.29, 1.82) is 0 Å². The second-order valence-electron chi connectivity index (χ2n) is 10.3. The van der Waals surface area contributed by atoms with Crippen LogP contribution in [0.25, 0.3) is 0 Å². The van der Waals surface area contributed by atoms with Crippen LogP contribution < -0.4 is 14.8 Å². The van der Waals surface area contributed by atoms with Gasteiger partial charge in [-0.1, -0.05) is 62.9 Å². The fourth-order valence-electron chi connectivity index (χ4n) is 5.12. The summed E-state index contributed by atoms with van der Waals surface area (Å²) in [6.45, 7) is 2.44. The van der Waals surface area contributed by atoms with Crippen molar-refractivity contribution in [2.24, 2.45) is 0 Å². The second-order valence-corrected chi connectivity index (χ2v) is 11.4. The van der Waals surface area contributed by atoms with Crippen molar-refractivity contribution >= 4 is 34.4 Å². The molecule has 8 nitrogen and oxygen atoms in total. The molecule has 224 valence electrons. The van der Waals surface area contributed by atoms with Crippen LogP contribution in [0, 0.1) is 3.57 Å². The minimum absolute atomic E-state index is 0.0505. The van der Waals surface area contributed by atoms with Crippen molar-refractivity contribution in [2.75, 3.05) is 26.8 Å². The van der Waals surface area contributed by atoms with Crippen LogP contribution in [0.15, 0.2) is 60.2 Å². The summed E-state index contributed by atoms with van der Waals surface area (Å²) in [5.41, 5.74) is 1.38. The maximum atomic E-state index is 13.8. The lowest BCUT2D eigenvalue weighted by atomic mass is 9.87. The molecule has 0 radical (unpaired) electrons. The first-order chi connectivity index (χ1) is 19.9. The van der Waals surface area contributed by atoms with Gasteiger partial charge in [0, 0.05) is 31.5 Å². The lowest BCUT2D eigenvalue weighted by molar-refractivity contribution is -0.138. The zero-order valence-electron chi connectivity index (χ0n) is 24.1. The lowest BCUT2D eigenvalue weighted by Crippen LogP contribution is -2.55. The van der Waals surface area contributed by atoms with E-state index in [1.165, 1.54) is 0 Å². The summed E-state index contributed by atoms with van der Waals surface area (Å²) in [5, 5.41) is 23.6. The van der Waals surface area contributed by atoms with E-state index in [0.29, 0.717) is 30.7 Å².